The van der Waals surface area contributed by atoms with Gasteiger partial charge >= 0.3 is 6.18 Å². The van der Waals surface area contributed by atoms with Crippen LogP contribution in [0.3, 0.4) is 0 Å². The molecule has 14 heteroatoms. The fraction of sp³-hybridized carbons (Fsp3) is 0.269. The van der Waals surface area contributed by atoms with Crippen molar-refractivity contribution in [1.82, 2.24) is 15.5 Å². The number of carbonyl (C=O) groups excluding carboxylic acids is 1. The molecule has 2 aromatic rings. The molecule has 0 spiro atoms. The van der Waals surface area contributed by atoms with Crippen LogP contribution in [-0.2, 0) is 14.3 Å². The summed E-state index contributed by atoms with van der Waals surface area (Å²) in [7, 11) is 0. The molecule has 210 valence electrons. The SMILES string of the molecule is N=C(NC1N=C(c2ccccc2)c2ccccc2NC1=O)OC(=N)/C(=C/NCC(F)(F)F)C(=N)N1CCOCC1. The van der Waals surface area contributed by atoms with E-state index in [9.17, 15) is 18.0 Å². The second-order valence-corrected chi connectivity index (χ2v) is 8.69. The number of hydrogen-bond acceptors (Lipinski definition) is 8. The third-order valence-electron chi connectivity index (χ3n) is 5.84. The predicted octanol–water partition coefficient (Wildman–Crippen LogP) is 2.67. The Morgan fingerprint density at radius 3 is 2.48 bits per heavy atom. The topological polar surface area (TPSA) is 159 Å². The first kappa shape index (κ1) is 28.3. The second-order valence-electron chi connectivity index (χ2n) is 8.69. The number of alkyl halides is 3. The highest BCUT2D eigenvalue weighted by Crippen LogP contribution is 2.23. The van der Waals surface area contributed by atoms with Gasteiger partial charge in [-0.25, -0.2) is 4.99 Å². The molecule has 0 aromatic heterocycles. The van der Waals surface area contributed by atoms with E-state index < -0.39 is 36.7 Å². The normalized spacial score (nSPS) is 17.5. The van der Waals surface area contributed by atoms with Crippen LogP contribution in [0.5, 0.6) is 0 Å². The maximum Gasteiger partial charge on any atom is 0.405 e. The molecular weight excluding hydrogens is 529 g/mol. The zero-order chi connectivity index (χ0) is 28.7. The molecule has 1 atom stereocenters. The van der Waals surface area contributed by atoms with Gasteiger partial charge in [0.1, 0.15) is 12.4 Å². The number of para-hydroxylation sites is 1. The van der Waals surface area contributed by atoms with E-state index in [0.717, 1.165) is 11.8 Å². The Labute approximate surface area is 227 Å². The van der Waals surface area contributed by atoms with Gasteiger partial charge in [-0.05, 0) is 6.07 Å². The molecule has 4 rings (SSSR count). The molecule has 2 aliphatic rings. The van der Waals surface area contributed by atoms with Gasteiger partial charge in [-0.2, -0.15) is 13.2 Å². The number of benzene rings is 2. The molecule has 2 aliphatic heterocycles. The lowest BCUT2D eigenvalue weighted by molar-refractivity contribution is -0.122. The standard InChI is InChI=1S/C26H27F3N8O3/c27-26(28,29)15-33-14-18(21(30)37-10-12-39-13-11-37)22(31)40-25(32)36-23-24(38)34-19-9-5-4-8-17(19)20(35-23)16-6-2-1-3-7-16/h1-9,14,23,30-31,33H,10-13,15H2,(H2,32,36)(H,34,38)/b18-14+,30-21?,31-22?. The summed E-state index contributed by atoms with van der Waals surface area (Å²) in [6.45, 7) is -0.206. The molecule has 0 bridgehead atoms. The van der Waals surface area contributed by atoms with Crippen LogP contribution in [-0.4, -0.2) is 79.5 Å². The zero-order valence-electron chi connectivity index (χ0n) is 21.1. The van der Waals surface area contributed by atoms with Gasteiger partial charge in [-0.15, -0.1) is 0 Å². The van der Waals surface area contributed by atoms with E-state index in [1.54, 1.807) is 24.3 Å². The summed E-state index contributed by atoms with van der Waals surface area (Å²) >= 11 is 0. The predicted molar refractivity (Wildman–Crippen MR) is 143 cm³/mol. The third-order valence-corrected chi connectivity index (χ3v) is 5.84. The molecule has 1 amide bonds. The molecule has 1 fully saturated rings. The third kappa shape index (κ3) is 7.22. The minimum absolute atomic E-state index is 0.275. The van der Waals surface area contributed by atoms with E-state index in [4.69, 9.17) is 25.7 Å². The molecule has 1 saturated heterocycles. The second kappa shape index (κ2) is 12.4. The van der Waals surface area contributed by atoms with E-state index in [-0.39, 0.29) is 24.5 Å². The Bertz CT molecular complexity index is 1340. The first-order chi connectivity index (χ1) is 19.1. The summed E-state index contributed by atoms with van der Waals surface area (Å²) in [5.41, 5.74) is 2.05. The molecule has 40 heavy (non-hydrogen) atoms. The highest BCUT2D eigenvalue weighted by atomic mass is 19.4. The number of benzodiazepines with no additional fused rings is 1. The summed E-state index contributed by atoms with van der Waals surface area (Å²) in [6, 6.07) is 15.4. The minimum atomic E-state index is -4.53. The maximum atomic E-state index is 13.0. The average molecular weight is 557 g/mol. The van der Waals surface area contributed by atoms with Crippen LogP contribution in [0.2, 0.25) is 0 Å². The summed E-state index contributed by atoms with van der Waals surface area (Å²) in [5, 5.41) is 32.3. The lowest BCUT2D eigenvalue weighted by Crippen LogP contribution is -2.45. The van der Waals surface area contributed by atoms with Crippen molar-refractivity contribution < 1.29 is 27.4 Å². The lowest BCUT2D eigenvalue weighted by atomic mass is 10.0. The number of hydrogen-bond donors (Lipinski definition) is 6. The van der Waals surface area contributed by atoms with Crippen molar-refractivity contribution in [2.45, 2.75) is 12.3 Å². The number of rotatable bonds is 6. The van der Waals surface area contributed by atoms with Crippen molar-refractivity contribution in [3.05, 3.63) is 77.5 Å². The number of carbonyl (C=O) groups is 1. The molecule has 11 nitrogen and oxygen atoms in total. The molecule has 6 N–H and O–H groups in total. The van der Waals surface area contributed by atoms with Gasteiger partial charge in [-0.1, -0.05) is 48.5 Å². The number of amidine groups is 2. The average Bonchev–Trinajstić information content (AvgIpc) is 3.07. The van der Waals surface area contributed by atoms with Crippen LogP contribution in [0.25, 0.3) is 0 Å². The number of nitrogens with zero attached hydrogens (tertiary/aromatic N) is 2. The Morgan fingerprint density at radius 2 is 1.77 bits per heavy atom. The number of morpholine rings is 1. The van der Waals surface area contributed by atoms with Crippen molar-refractivity contribution in [3.8, 4) is 0 Å². The lowest BCUT2D eigenvalue weighted by Gasteiger charge is -2.30. The Balaban J connectivity index is 1.53. The van der Waals surface area contributed by atoms with Gasteiger partial charge in [0, 0.05) is 30.4 Å². The van der Waals surface area contributed by atoms with E-state index in [1.165, 1.54) is 4.90 Å². The molecular formula is C26H27F3N8O3. The van der Waals surface area contributed by atoms with Crippen LogP contribution in [0.1, 0.15) is 11.1 Å². The van der Waals surface area contributed by atoms with E-state index >= 15 is 0 Å². The molecule has 0 saturated carbocycles. The van der Waals surface area contributed by atoms with Crippen molar-refractivity contribution in [2.24, 2.45) is 4.99 Å². The zero-order valence-corrected chi connectivity index (χ0v) is 21.1. The number of anilines is 1. The van der Waals surface area contributed by atoms with Crippen molar-refractivity contribution in [3.63, 3.8) is 0 Å². The number of halogens is 3. The summed E-state index contributed by atoms with van der Waals surface area (Å²) < 4.78 is 48.6. The van der Waals surface area contributed by atoms with Crippen LogP contribution in [0.15, 0.2) is 71.4 Å². The van der Waals surface area contributed by atoms with E-state index in [0.29, 0.717) is 30.2 Å². The Morgan fingerprint density at radius 1 is 1.10 bits per heavy atom. The van der Waals surface area contributed by atoms with Gasteiger partial charge in [-0.3, -0.25) is 21.0 Å². The number of amides is 1. The van der Waals surface area contributed by atoms with Crippen LogP contribution < -0.4 is 16.0 Å². The van der Waals surface area contributed by atoms with Crippen LogP contribution >= 0.6 is 0 Å². The van der Waals surface area contributed by atoms with Crippen LogP contribution in [0, 0.1) is 16.2 Å². The van der Waals surface area contributed by atoms with Crippen molar-refractivity contribution >= 4 is 35.1 Å². The van der Waals surface area contributed by atoms with E-state index in [1.807, 2.05) is 35.6 Å². The smallest absolute Gasteiger partial charge is 0.405 e. The Kier molecular flexibility index (Phi) is 8.79. The summed E-state index contributed by atoms with van der Waals surface area (Å²) in [5.74, 6) is -1.64. The quantitative estimate of drug-likeness (QED) is 0.237. The Hall–Kier alpha value is -4.72. The molecule has 2 heterocycles. The monoisotopic (exact) mass is 556 g/mol. The number of aliphatic imine (C=N–C) groups is 1. The van der Waals surface area contributed by atoms with Crippen molar-refractivity contribution in [2.75, 3.05) is 38.2 Å². The van der Waals surface area contributed by atoms with Gasteiger partial charge in [0.2, 0.25) is 12.1 Å². The maximum absolute atomic E-state index is 13.0. The van der Waals surface area contributed by atoms with Crippen molar-refractivity contribution in [1.29, 1.82) is 16.2 Å². The van der Waals surface area contributed by atoms with Gasteiger partial charge in [0.05, 0.1) is 30.2 Å². The van der Waals surface area contributed by atoms with Gasteiger partial charge in [0.25, 0.3) is 11.9 Å². The summed E-state index contributed by atoms with van der Waals surface area (Å²) in [6.07, 6.45) is -5.02. The fourth-order valence-electron chi connectivity index (χ4n) is 3.96. The highest BCUT2D eigenvalue weighted by molar-refractivity contribution is 6.21. The molecule has 2 aromatic carbocycles. The molecule has 0 radical (unpaired) electrons. The van der Waals surface area contributed by atoms with Gasteiger partial charge in [0.15, 0.2) is 0 Å². The number of ether oxygens (including phenoxy) is 2. The van der Waals surface area contributed by atoms with Crippen LogP contribution in [0.4, 0.5) is 18.9 Å². The minimum Gasteiger partial charge on any atom is -0.407 e. The number of nitrogens with one attached hydrogen (secondary N) is 6. The first-order valence-corrected chi connectivity index (χ1v) is 12.2. The highest BCUT2D eigenvalue weighted by Gasteiger charge is 2.29. The number of fused-ring (bicyclic) bond motifs is 1. The fourth-order valence-corrected chi connectivity index (χ4v) is 3.96. The largest absolute Gasteiger partial charge is 0.407 e. The summed E-state index contributed by atoms with van der Waals surface area (Å²) in [4.78, 5) is 19.0. The molecule has 0 aliphatic carbocycles. The van der Waals surface area contributed by atoms with Gasteiger partial charge < -0.3 is 30.3 Å². The first-order valence-electron chi connectivity index (χ1n) is 12.2. The van der Waals surface area contributed by atoms with E-state index in [2.05, 4.69) is 15.6 Å². The molecule has 1 unspecified atom stereocenters.